The fraction of sp³-hybridized carbons (Fsp3) is 0.357. The molecular formula is C14H15N3O. The third-order valence-corrected chi connectivity index (χ3v) is 3.42. The molecule has 0 aliphatic heterocycles. The summed E-state index contributed by atoms with van der Waals surface area (Å²) >= 11 is 0. The molecule has 1 N–H and O–H groups in total. The molecule has 1 aromatic carbocycles. The van der Waals surface area contributed by atoms with Gasteiger partial charge in [-0.2, -0.15) is 0 Å². The second-order valence-corrected chi connectivity index (χ2v) is 4.70. The lowest BCUT2D eigenvalue weighted by molar-refractivity contribution is -0.127. The van der Waals surface area contributed by atoms with Crippen molar-refractivity contribution in [2.75, 3.05) is 0 Å². The number of nitrogens with zero attached hydrogens (tertiary/aromatic N) is 2. The number of carbonyl (C=O) groups is 1. The fourth-order valence-corrected chi connectivity index (χ4v) is 2.07. The Hall–Kier alpha value is -1.97. The summed E-state index contributed by atoms with van der Waals surface area (Å²) in [5.41, 5.74) is 2.56. The van der Waals surface area contributed by atoms with Crippen LogP contribution in [0.15, 0.2) is 30.5 Å². The van der Waals surface area contributed by atoms with Gasteiger partial charge >= 0.3 is 0 Å². The van der Waals surface area contributed by atoms with Gasteiger partial charge in [-0.15, -0.1) is 0 Å². The van der Waals surface area contributed by atoms with Gasteiger partial charge in [-0.1, -0.05) is 18.6 Å². The first-order valence-electron chi connectivity index (χ1n) is 6.31. The summed E-state index contributed by atoms with van der Waals surface area (Å²) in [5, 5.41) is 2.92. The van der Waals surface area contributed by atoms with Crippen LogP contribution < -0.4 is 5.32 Å². The van der Waals surface area contributed by atoms with E-state index in [9.17, 15) is 4.79 Å². The molecule has 1 aromatic heterocycles. The van der Waals surface area contributed by atoms with Crippen molar-refractivity contribution in [1.29, 1.82) is 0 Å². The first kappa shape index (κ1) is 11.1. The molecule has 0 saturated heterocycles. The standard InChI is InChI=1S/C14H15N3O/c18-14(10-4-3-5-10)16-9-11-8-15-12-6-1-2-7-13(12)17-11/h1-2,6-8,10H,3-5,9H2,(H,16,18). The summed E-state index contributed by atoms with van der Waals surface area (Å²) in [6, 6.07) is 7.74. The first-order chi connectivity index (χ1) is 8.83. The molecule has 1 fully saturated rings. The lowest BCUT2D eigenvalue weighted by Gasteiger charge is -2.23. The van der Waals surface area contributed by atoms with E-state index in [1.165, 1.54) is 6.42 Å². The minimum atomic E-state index is 0.149. The molecular weight excluding hydrogens is 226 g/mol. The van der Waals surface area contributed by atoms with E-state index in [0.29, 0.717) is 6.54 Å². The van der Waals surface area contributed by atoms with Crippen LogP contribution in [0.1, 0.15) is 25.0 Å². The van der Waals surface area contributed by atoms with Crippen molar-refractivity contribution in [3.63, 3.8) is 0 Å². The SMILES string of the molecule is O=C(NCc1cnc2ccccc2n1)C1CCC1. The molecule has 1 amide bonds. The Bertz CT molecular complexity index is 578. The number of aromatic nitrogens is 2. The van der Waals surface area contributed by atoms with Crippen molar-refractivity contribution in [3.05, 3.63) is 36.2 Å². The van der Waals surface area contributed by atoms with Crippen LogP contribution in [0.4, 0.5) is 0 Å². The average Bonchev–Trinajstić information content (AvgIpc) is 2.34. The number of hydrogen-bond donors (Lipinski definition) is 1. The summed E-state index contributed by atoms with van der Waals surface area (Å²) in [4.78, 5) is 20.5. The normalized spacial score (nSPS) is 15.3. The number of nitrogens with one attached hydrogen (secondary N) is 1. The predicted molar refractivity (Wildman–Crippen MR) is 68.7 cm³/mol. The second-order valence-electron chi connectivity index (χ2n) is 4.70. The van der Waals surface area contributed by atoms with Gasteiger partial charge in [-0.25, -0.2) is 4.98 Å². The van der Waals surface area contributed by atoms with Crippen LogP contribution in [0, 0.1) is 5.92 Å². The number of amides is 1. The van der Waals surface area contributed by atoms with E-state index in [-0.39, 0.29) is 11.8 Å². The molecule has 2 aromatic rings. The van der Waals surface area contributed by atoms with Gasteiger partial charge in [0, 0.05) is 5.92 Å². The maximum atomic E-state index is 11.7. The molecule has 0 unspecified atom stereocenters. The average molecular weight is 241 g/mol. The van der Waals surface area contributed by atoms with Crippen molar-refractivity contribution < 1.29 is 4.79 Å². The fourth-order valence-electron chi connectivity index (χ4n) is 2.07. The van der Waals surface area contributed by atoms with Crippen molar-refractivity contribution in [2.24, 2.45) is 5.92 Å². The van der Waals surface area contributed by atoms with Crippen LogP contribution in [0.25, 0.3) is 11.0 Å². The van der Waals surface area contributed by atoms with E-state index >= 15 is 0 Å². The summed E-state index contributed by atoms with van der Waals surface area (Å²) in [7, 11) is 0. The zero-order valence-electron chi connectivity index (χ0n) is 10.1. The van der Waals surface area contributed by atoms with Crippen molar-refractivity contribution in [1.82, 2.24) is 15.3 Å². The molecule has 3 rings (SSSR count). The second kappa shape index (κ2) is 4.72. The van der Waals surface area contributed by atoms with Crippen molar-refractivity contribution in [3.8, 4) is 0 Å². The predicted octanol–water partition coefficient (Wildman–Crippen LogP) is 2.05. The number of rotatable bonds is 3. The van der Waals surface area contributed by atoms with Crippen LogP contribution >= 0.6 is 0 Å². The molecule has 4 heteroatoms. The quantitative estimate of drug-likeness (QED) is 0.894. The highest BCUT2D eigenvalue weighted by molar-refractivity contribution is 5.79. The van der Waals surface area contributed by atoms with E-state index in [1.54, 1.807) is 6.20 Å². The number of benzene rings is 1. The van der Waals surface area contributed by atoms with Gasteiger partial charge in [0.2, 0.25) is 5.91 Å². The Morgan fingerprint density at radius 2 is 2.06 bits per heavy atom. The number of carbonyl (C=O) groups excluding carboxylic acids is 1. The number of para-hydroxylation sites is 2. The highest BCUT2D eigenvalue weighted by atomic mass is 16.1. The largest absolute Gasteiger partial charge is 0.350 e. The summed E-state index contributed by atoms with van der Waals surface area (Å²) in [5.74, 6) is 0.370. The molecule has 92 valence electrons. The molecule has 1 heterocycles. The molecule has 1 aliphatic carbocycles. The summed E-state index contributed by atoms with van der Waals surface area (Å²) in [6.45, 7) is 0.465. The Morgan fingerprint density at radius 1 is 1.28 bits per heavy atom. The molecule has 0 radical (unpaired) electrons. The van der Waals surface area contributed by atoms with Gasteiger partial charge in [0.05, 0.1) is 29.5 Å². The summed E-state index contributed by atoms with van der Waals surface area (Å²) in [6.07, 6.45) is 4.95. The zero-order chi connectivity index (χ0) is 12.4. The Kier molecular flexibility index (Phi) is 2.92. The van der Waals surface area contributed by atoms with E-state index < -0.39 is 0 Å². The summed E-state index contributed by atoms with van der Waals surface area (Å²) < 4.78 is 0. The van der Waals surface area contributed by atoms with Crippen molar-refractivity contribution in [2.45, 2.75) is 25.8 Å². The van der Waals surface area contributed by atoms with Gasteiger partial charge in [-0.3, -0.25) is 9.78 Å². The molecule has 1 saturated carbocycles. The van der Waals surface area contributed by atoms with Gasteiger partial charge in [0.15, 0.2) is 0 Å². The lowest BCUT2D eigenvalue weighted by atomic mass is 9.85. The van der Waals surface area contributed by atoms with Crippen LogP contribution in [0.3, 0.4) is 0 Å². The van der Waals surface area contributed by atoms with E-state index in [0.717, 1.165) is 29.6 Å². The monoisotopic (exact) mass is 241 g/mol. The van der Waals surface area contributed by atoms with Crippen LogP contribution in [0.5, 0.6) is 0 Å². The van der Waals surface area contributed by atoms with Crippen LogP contribution in [-0.4, -0.2) is 15.9 Å². The zero-order valence-corrected chi connectivity index (χ0v) is 10.1. The molecule has 1 aliphatic rings. The van der Waals surface area contributed by atoms with Gasteiger partial charge in [0.25, 0.3) is 0 Å². The maximum absolute atomic E-state index is 11.7. The van der Waals surface area contributed by atoms with E-state index in [1.807, 2.05) is 24.3 Å². The third kappa shape index (κ3) is 2.18. The highest BCUT2D eigenvalue weighted by Gasteiger charge is 2.24. The lowest BCUT2D eigenvalue weighted by Crippen LogP contribution is -2.34. The Morgan fingerprint density at radius 3 is 2.78 bits per heavy atom. The smallest absolute Gasteiger partial charge is 0.223 e. The topological polar surface area (TPSA) is 54.9 Å². The Labute approximate surface area is 105 Å². The van der Waals surface area contributed by atoms with E-state index in [4.69, 9.17) is 0 Å². The molecule has 18 heavy (non-hydrogen) atoms. The highest BCUT2D eigenvalue weighted by Crippen LogP contribution is 2.26. The molecule has 0 atom stereocenters. The van der Waals surface area contributed by atoms with Gasteiger partial charge in [0.1, 0.15) is 0 Å². The van der Waals surface area contributed by atoms with Gasteiger partial charge in [-0.05, 0) is 25.0 Å². The van der Waals surface area contributed by atoms with E-state index in [2.05, 4.69) is 15.3 Å². The number of hydrogen-bond acceptors (Lipinski definition) is 3. The van der Waals surface area contributed by atoms with Gasteiger partial charge < -0.3 is 5.32 Å². The van der Waals surface area contributed by atoms with Crippen LogP contribution in [-0.2, 0) is 11.3 Å². The van der Waals surface area contributed by atoms with Crippen LogP contribution in [0.2, 0.25) is 0 Å². The molecule has 0 bridgehead atoms. The Balaban J connectivity index is 1.68. The minimum absolute atomic E-state index is 0.149. The number of fused-ring (bicyclic) bond motifs is 1. The van der Waals surface area contributed by atoms with Crippen molar-refractivity contribution >= 4 is 16.9 Å². The third-order valence-electron chi connectivity index (χ3n) is 3.42. The molecule has 0 spiro atoms. The first-order valence-corrected chi connectivity index (χ1v) is 6.31. The minimum Gasteiger partial charge on any atom is -0.350 e. The molecule has 4 nitrogen and oxygen atoms in total. The maximum Gasteiger partial charge on any atom is 0.223 e.